The van der Waals surface area contributed by atoms with Crippen molar-refractivity contribution in [1.29, 1.82) is 0 Å². The highest BCUT2D eigenvalue weighted by atomic mass is 32.2. The Morgan fingerprint density at radius 1 is 1.15 bits per heavy atom. The van der Waals surface area contributed by atoms with Gasteiger partial charge in [0.2, 0.25) is 5.91 Å². The fourth-order valence-corrected chi connectivity index (χ4v) is 3.20. The molecule has 2 rings (SSSR count). The maximum atomic E-state index is 12.5. The molecule has 8 heteroatoms. The van der Waals surface area contributed by atoms with E-state index in [-0.39, 0.29) is 35.0 Å². The number of nitrogens with two attached hydrogens (primary N) is 1. The van der Waals surface area contributed by atoms with Crippen molar-refractivity contribution in [2.24, 2.45) is 5.73 Å². The third-order valence-electron chi connectivity index (χ3n) is 3.80. The third kappa shape index (κ3) is 7.24. The third-order valence-corrected chi connectivity index (χ3v) is 4.52. The Kier molecular flexibility index (Phi) is 7.70. The number of methoxy groups -OCH3 is 1. The van der Waals surface area contributed by atoms with E-state index >= 15 is 0 Å². The van der Waals surface area contributed by atoms with E-state index in [0.717, 1.165) is 5.56 Å². The van der Waals surface area contributed by atoms with Crippen molar-refractivity contribution in [3.63, 3.8) is 0 Å². The Morgan fingerprint density at radius 3 is 2.44 bits per heavy atom. The Labute approximate surface area is 160 Å². The lowest BCUT2D eigenvalue weighted by Crippen LogP contribution is -2.33. The molecule has 4 nitrogen and oxygen atoms in total. The SMILES string of the molecule is COC[C@H](NC(=O)CC(N)c1cccc(SC(F)(F)F)c1)c1ccccc1. The zero-order chi connectivity index (χ0) is 19.9. The van der Waals surface area contributed by atoms with Gasteiger partial charge in [-0.15, -0.1) is 0 Å². The first-order chi connectivity index (χ1) is 12.8. The first-order valence-corrected chi connectivity index (χ1v) is 9.04. The van der Waals surface area contributed by atoms with Crippen LogP contribution in [0.1, 0.15) is 29.6 Å². The molecule has 2 aromatic carbocycles. The molecular weight excluding hydrogens is 377 g/mol. The maximum absolute atomic E-state index is 12.5. The summed E-state index contributed by atoms with van der Waals surface area (Å²) >= 11 is -0.207. The van der Waals surface area contributed by atoms with Gasteiger partial charge in [-0.3, -0.25) is 4.79 Å². The summed E-state index contributed by atoms with van der Waals surface area (Å²) in [5.74, 6) is -0.303. The van der Waals surface area contributed by atoms with Crippen LogP contribution < -0.4 is 11.1 Å². The summed E-state index contributed by atoms with van der Waals surface area (Å²) in [6, 6.07) is 14.1. The second-order valence-corrected chi connectivity index (χ2v) is 7.06. The number of alkyl halides is 3. The smallest absolute Gasteiger partial charge is 0.382 e. The fraction of sp³-hybridized carbons (Fsp3) is 0.316. The molecule has 0 fully saturated rings. The topological polar surface area (TPSA) is 64.3 Å². The van der Waals surface area contributed by atoms with Crippen molar-refractivity contribution in [1.82, 2.24) is 5.32 Å². The van der Waals surface area contributed by atoms with E-state index in [4.69, 9.17) is 10.5 Å². The van der Waals surface area contributed by atoms with Crippen molar-refractivity contribution in [2.45, 2.75) is 28.9 Å². The van der Waals surface area contributed by atoms with Crippen LogP contribution in [0.25, 0.3) is 0 Å². The van der Waals surface area contributed by atoms with Gasteiger partial charge in [0.1, 0.15) is 0 Å². The molecule has 2 atom stereocenters. The van der Waals surface area contributed by atoms with Crippen LogP contribution in [0.2, 0.25) is 0 Å². The molecule has 0 radical (unpaired) electrons. The number of carbonyl (C=O) groups is 1. The van der Waals surface area contributed by atoms with Crippen LogP contribution in [0.3, 0.4) is 0 Å². The number of benzene rings is 2. The van der Waals surface area contributed by atoms with Gasteiger partial charge in [0, 0.05) is 24.5 Å². The first kappa shape index (κ1) is 21.3. The number of ether oxygens (including phenoxy) is 1. The number of nitrogens with one attached hydrogen (secondary N) is 1. The average molecular weight is 398 g/mol. The molecule has 0 bridgehead atoms. The predicted octanol–water partition coefficient (Wildman–Crippen LogP) is 4.19. The van der Waals surface area contributed by atoms with Crippen molar-refractivity contribution >= 4 is 17.7 Å². The maximum Gasteiger partial charge on any atom is 0.446 e. The molecule has 0 saturated heterocycles. The van der Waals surface area contributed by atoms with Gasteiger partial charge in [0.15, 0.2) is 0 Å². The van der Waals surface area contributed by atoms with Crippen LogP contribution in [-0.2, 0) is 9.53 Å². The van der Waals surface area contributed by atoms with Gasteiger partial charge < -0.3 is 15.8 Å². The van der Waals surface area contributed by atoms with Gasteiger partial charge >= 0.3 is 5.51 Å². The highest BCUT2D eigenvalue weighted by Crippen LogP contribution is 2.37. The standard InChI is InChI=1S/C19H21F3N2O2S/c1-26-12-17(13-6-3-2-4-7-13)24-18(25)11-16(23)14-8-5-9-15(10-14)27-19(20,21)22/h2-10,16-17H,11-12,23H2,1H3,(H,24,25)/t16?,17-/m0/s1. The molecule has 0 aliphatic rings. The zero-order valence-electron chi connectivity index (χ0n) is 14.7. The summed E-state index contributed by atoms with van der Waals surface area (Å²) in [7, 11) is 1.54. The van der Waals surface area contributed by atoms with E-state index in [1.54, 1.807) is 6.07 Å². The van der Waals surface area contributed by atoms with Gasteiger partial charge in [-0.1, -0.05) is 42.5 Å². The van der Waals surface area contributed by atoms with Gasteiger partial charge in [0.05, 0.1) is 12.6 Å². The quantitative estimate of drug-likeness (QED) is 0.655. The number of thioether (sulfide) groups is 1. The molecule has 2 aromatic rings. The van der Waals surface area contributed by atoms with Crippen LogP contribution in [0, 0.1) is 0 Å². The highest BCUT2D eigenvalue weighted by Gasteiger charge is 2.29. The van der Waals surface area contributed by atoms with Crippen molar-refractivity contribution in [3.8, 4) is 0 Å². The van der Waals surface area contributed by atoms with Crippen LogP contribution in [0.5, 0.6) is 0 Å². The van der Waals surface area contributed by atoms with E-state index in [9.17, 15) is 18.0 Å². The van der Waals surface area contributed by atoms with Crippen LogP contribution >= 0.6 is 11.8 Å². The number of rotatable bonds is 8. The second kappa shape index (κ2) is 9.77. The Hall–Kier alpha value is -2.03. The lowest BCUT2D eigenvalue weighted by molar-refractivity contribution is -0.122. The second-order valence-electron chi connectivity index (χ2n) is 5.92. The summed E-state index contributed by atoms with van der Waals surface area (Å²) in [5, 5.41) is 2.86. The lowest BCUT2D eigenvalue weighted by atomic mass is 10.0. The van der Waals surface area contributed by atoms with Crippen molar-refractivity contribution < 1.29 is 22.7 Å². The summed E-state index contributed by atoms with van der Waals surface area (Å²) < 4.78 is 42.7. The van der Waals surface area contributed by atoms with Gasteiger partial charge in [-0.25, -0.2) is 0 Å². The summed E-state index contributed by atoms with van der Waals surface area (Å²) in [4.78, 5) is 12.4. The van der Waals surface area contributed by atoms with Crippen LogP contribution in [-0.4, -0.2) is 25.1 Å². The van der Waals surface area contributed by atoms with Gasteiger partial charge in [-0.05, 0) is 35.0 Å². The summed E-state index contributed by atoms with van der Waals surface area (Å²) in [5.41, 5.74) is 3.03. The molecule has 0 spiro atoms. The number of amides is 1. The Morgan fingerprint density at radius 2 is 1.81 bits per heavy atom. The number of hydrogen-bond acceptors (Lipinski definition) is 4. The minimum atomic E-state index is -4.37. The van der Waals surface area contributed by atoms with Crippen LogP contribution in [0.4, 0.5) is 13.2 Å². The monoisotopic (exact) mass is 398 g/mol. The fourth-order valence-electron chi connectivity index (χ4n) is 2.59. The molecule has 27 heavy (non-hydrogen) atoms. The van der Waals surface area contributed by atoms with E-state index < -0.39 is 11.6 Å². The summed E-state index contributed by atoms with van der Waals surface area (Å²) in [6.45, 7) is 0.294. The molecule has 3 N–H and O–H groups in total. The predicted molar refractivity (Wildman–Crippen MR) is 99.1 cm³/mol. The molecule has 0 saturated carbocycles. The van der Waals surface area contributed by atoms with Gasteiger partial charge in [0.25, 0.3) is 0 Å². The molecule has 0 aliphatic carbocycles. The molecule has 0 heterocycles. The largest absolute Gasteiger partial charge is 0.446 e. The Bertz CT molecular complexity index is 741. The lowest BCUT2D eigenvalue weighted by Gasteiger charge is -2.20. The molecule has 1 amide bonds. The number of halogens is 3. The highest BCUT2D eigenvalue weighted by molar-refractivity contribution is 8.00. The normalized spacial score (nSPS) is 13.8. The van der Waals surface area contributed by atoms with E-state index in [1.807, 2.05) is 30.3 Å². The average Bonchev–Trinajstić information content (AvgIpc) is 2.61. The number of carbonyl (C=O) groups excluding carboxylic acids is 1. The Balaban J connectivity index is 2.01. The molecule has 146 valence electrons. The zero-order valence-corrected chi connectivity index (χ0v) is 15.5. The minimum absolute atomic E-state index is 0.0393. The van der Waals surface area contributed by atoms with E-state index in [2.05, 4.69) is 5.32 Å². The summed E-state index contributed by atoms with van der Waals surface area (Å²) in [6.07, 6.45) is -0.0484. The van der Waals surface area contributed by atoms with Crippen molar-refractivity contribution in [2.75, 3.05) is 13.7 Å². The van der Waals surface area contributed by atoms with Crippen molar-refractivity contribution in [3.05, 3.63) is 65.7 Å². The van der Waals surface area contributed by atoms with E-state index in [1.165, 1.54) is 25.3 Å². The van der Waals surface area contributed by atoms with Crippen LogP contribution in [0.15, 0.2) is 59.5 Å². The minimum Gasteiger partial charge on any atom is -0.382 e. The molecule has 1 unspecified atom stereocenters. The molecular formula is C19H21F3N2O2S. The van der Waals surface area contributed by atoms with E-state index in [0.29, 0.717) is 12.2 Å². The first-order valence-electron chi connectivity index (χ1n) is 8.23. The number of hydrogen-bond donors (Lipinski definition) is 2. The molecule has 0 aromatic heterocycles. The molecule has 0 aliphatic heterocycles. The van der Waals surface area contributed by atoms with Gasteiger partial charge in [-0.2, -0.15) is 13.2 Å².